The molecule has 0 aromatic heterocycles. The lowest BCUT2D eigenvalue weighted by atomic mass is 10.2. The highest BCUT2D eigenvalue weighted by Crippen LogP contribution is 2.35. The van der Waals surface area contributed by atoms with E-state index in [1.807, 2.05) is 0 Å². The molecule has 1 amide bonds. The molecule has 1 saturated heterocycles. The highest BCUT2D eigenvalue weighted by atomic mass is 32.2. The Morgan fingerprint density at radius 2 is 2.00 bits per heavy atom. The lowest BCUT2D eigenvalue weighted by molar-refractivity contribution is -0.386. The van der Waals surface area contributed by atoms with E-state index in [1.54, 1.807) is 0 Å². The van der Waals surface area contributed by atoms with Gasteiger partial charge in [0, 0.05) is 12.1 Å². The van der Waals surface area contributed by atoms with Gasteiger partial charge in [-0.25, -0.2) is 16.8 Å². The van der Waals surface area contributed by atoms with Crippen LogP contribution >= 0.6 is 0 Å². The molecule has 1 heterocycles. The van der Waals surface area contributed by atoms with Crippen molar-refractivity contribution in [1.29, 1.82) is 0 Å². The van der Waals surface area contributed by atoms with Crippen LogP contribution in [0.2, 0.25) is 0 Å². The monoisotopic (exact) mass is 446 g/mol. The van der Waals surface area contributed by atoms with Crippen molar-refractivity contribution in [3.05, 3.63) is 28.3 Å². The molecule has 1 unspecified atom stereocenters. The van der Waals surface area contributed by atoms with Crippen LogP contribution in [0.15, 0.2) is 23.1 Å². The summed E-state index contributed by atoms with van der Waals surface area (Å²) in [7, 11) is -9.05. The molecule has 0 aliphatic carbocycles. The Hall–Kier alpha value is -2.42. The zero-order chi connectivity index (χ0) is 21.3. The number of amides is 1. The second kappa shape index (κ2) is 7.54. The topological polar surface area (TPSA) is 150 Å². The highest BCUT2D eigenvalue weighted by molar-refractivity contribution is 7.92. The van der Waals surface area contributed by atoms with Gasteiger partial charge in [0.15, 0.2) is 22.2 Å². The summed E-state index contributed by atoms with van der Waals surface area (Å²) in [6, 6.07) is 0.631. The molecule has 1 atom stereocenters. The number of benzene rings is 1. The van der Waals surface area contributed by atoms with Crippen LogP contribution in [0.25, 0.3) is 0 Å². The summed E-state index contributed by atoms with van der Waals surface area (Å²) in [6.45, 7) is -0.789. The molecular formula is C13H13F3N2O8S2. The Morgan fingerprint density at radius 3 is 2.50 bits per heavy atom. The first-order chi connectivity index (χ1) is 12.7. The molecule has 15 heteroatoms. The first-order valence-electron chi connectivity index (χ1n) is 7.45. The normalized spacial score (nSPS) is 19.2. The average molecular weight is 446 g/mol. The van der Waals surface area contributed by atoms with Gasteiger partial charge in [-0.1, -0.05) is 0 Å². The van der Waals surface area contributed by atoms with Gasteiger partial charge in [0.05, 0.1) is 21.3 Å². The maximum atomic E-state index is 12.6. The van der Waals surface area contributed by atoms with Crippen LogP contribution in [0.4, 0.5) is 18.9 Å². The molecule has 0 spiro atoms. The van der Waals surface area contributed by atoms with Crippen molar-refractivity contribution >= 4 is 31.3 Å². The number of nitrogens with one attached hydrogen (secondary N) is 1. The molecule has 1 aliphatic heterocycles. The molecule has 0 bridgehead atoms. The van der Waals surface area contributed by atoms with E-state index in [2.05, 4.69) is 5.32 Å². The third-order valence-corrected chi connectivity index (χ3v) is 6.95. The van der Waals surface area contributed by atoms with Gasteiger partial charge in [-0.05, 0) is 18.6 Å². The zero-order valence-electron chi connectivity index (χ0n) is 13.8. The van der Waals surface area contributed by atoms with Gasteiger partial charge in [0.25, 0.3) is 15.7 Å². The van der Waals surface area contributed by atoms with Gasteiger partial charge in [-0.2, -0.15) is 13.2 Å². The minimum Gasteiger partial charge on any atom is -0.477 e. The van der Waals surface area contributed by atoms with Crippen LogP contribution in [0.1, 0.15) is 6.42 Å². The molecule has 10 nitrogen and oxygen atoms in total. The predicted octanol–water partition coefficient (Wildman–Crippen LogP) is 0.570. The number of nitro groups is 1. The van der Waals surface area contributed by atoms with Crippen LogP contribution < -0.4 is 10.1 Å². The number of sulfone groups is 2. The minimum absolute atomic E-state index is 0.0978. The van der Waals surface area contributed by atoms with Crippen molar-refractivity contribution in [2.75, 3.05) is 18.1 Å². The first kappa shape index (κ1) is 21.9. The Kier molecular flexibility index (Phi) is 5.89. The molecule has 28 heavy (non-hydrogen) atoms. The second-order valence-electron chi connectivity index (χ2n) is 5.79. The van der Waals surface area contributed by atoms with Crippen LogP contribution in [-0.4, -0.2) is 57.3 Å². The molecule has 1 aromatic rings. The molecule has 1 N–H and O–H groups in total. The Labute approximate surface area is 156 Å². The van der Waals surface area contributed by atoms with E-state index in [-0.39, 0.29) is 24.0 Å². The number of carbonyl (C=O) groups excluding carboxylic acids is 1. The van der Waals surface area contributed by atoms with E-state index >= 15 is 0 Å². The quantitative estimate of drug-likeness (QED) is 0.492. The maximum absolute atomic E-state index is 12.6. The van der Waals surface area contributed by atoms with Crippen LogP contribution in [0.3, 0.4) is 0 Å². The smallest absolute Gasteiger partial charge is 0.477 e. The summed E-state index contributed by atoms with van der Waals surface area (Å²) in [6.07, 6.45) is 0.193. The van der Waals surface area contributed by atoms with Gasteiger partial charge in [-0.3, -0.25) is 14.9 Å². The van der Waals surface area contributed by atoms with Gasteiger partial charge in [-0.15, -0.1) is 0 Å². The van der Waals surface area contributed by atoms with Crippen LogP contribution in [0, 0.1) is 10.1 Å². The van der Waals surface area contributed by atoms with Crippen molar-refractivity contribution in [3.63, 3.8) is 0 Å². The number of hydrogen-bond donors (Lipinski definition) is 1. The van der Waals surface area contributed by atoms with Gasteiger partial charge < -0.3 is 10.1 Å². The van der Waals surface area contributed by atoms with E-state index in [4.69, 9.17) is 4.74 Å². The van der Waals surface area contributed by atoms with Crippen molar-refractivity contribution in [2.45, 2.75) is 22.9 Å². The van der Waals surface area contributed by atoms with E-state index in [0.717, 1.165) is 0 Å². The molecule has 0 saturated carbocycles. The average Bonchev–Trinajstić information content (AvgIpc) is 2.90. The zero-order valence-corrected chi connectivity index (χ0v) is 15.4. The van der Waals surface area contributed by atoms with Crippen LogP contribution in [0.5, 0.6) is 5.75 Å². The number of alkyl halides is 3. The molecule has 1 aromatic carbocycles. The summed E-state index contributed by atoms with van der Waals surface area (Å²) in [5.41, 5.74) is -6.73. The first-order valence-corrected chi connectivity index (χ1v) is 10.8. The molecular weight excluding hydrogens is 433 g/mol. The fraction of sp³-hybridized carbons (Fsp3) is 0.462. The van der Waals surface area contributed by atoms with Crippen molar-refractivity contribution in [3.8, 4) is 5.75 Å². The fourth-order valence-corrected chi connectivity index (χ4v) is 4.84. The summed E-state index contributed by atoms with van der Waals surface area (Å²) in [5.74, 6) is -1.79. The number of ether oxygens (including phenoxy) is 1. The number of rotatable bonds is 6. The minimum atomic E-state index is -5.80. The summed E-state index contributed by atoms with van der Waals surface area (Å²) in [4.78, 5) is 20.3. The largest absolute Gasteiger partial charge is 0.501 e. The lowest BCUT2D eigenvalue weighted by Gasteiger charge is -2.12. The van der Waals surface area contributed by atoms with Crippen LogP contribution in [-0.2, 0) is 24.5 Å². The Balaban J connectivity index is 2.13. The Bertz CT molecular complexity index is 1010. The Morgan fingerprint density at radius 1 is 1.36 bits per heavy atom. The van der Waals surface area contributed by atoms with Gasteiger partial charge >= 0.3 is 11.2 Å². The number of nitro benzene ring substituents is 1. The van der Waals surface area contributed by atoms with E-state index in [1.165, 1.54) is 0 Å². The third kappa shape index (κ3) is 4.89. The van der Waals surface area contributed by atoms with E-state index in [9.17, 15) is 44.9 Å². The summed E-state index contributed by atoms with van der Waals surface area (Å²) < 4.78 is 87.9. The van der Waals surface area contributed by atoms with E-state index in [0.29, 0.717) is 12.1 Å². The molecule has 0 radical (unpaired) electrons. The number of hydrogen-bond acceptors (Lipinski definition) is 8. The number of halogens is 3. The third-order valence-electron chi connectivity index (χ3n) is 3.70. The highest BCUT2D eigenvalue weighted by Gasteiger charge is 2.47. The molecule has 1 fully saturated rings. The molecule has 2 rings (SSSR count). The van der Waals surface area contributed by atoms with Crippen molar-refractivity contribution < 1.29 is 44.5 Å². The predicted molar refractivity (Wildman–Crippen MR) is 87.0 cm³/mol. The lowest BCUT2D eigenvalue weighted by Crippen LogP contribution is -2.38. The van der Waals surface area contributed by atoms with E-state index < -0.39 is 65.0 Å². The second-order valence-corrected chi connectivity index (χ2v) is 9.96. The standard InChI is InChI=1S/C13H13F3N2O8S2/c14-13(15,16)28(24,25)9-1-2-11(10(5-9)18(20)21)26-6-12(19)17-8-3-4-27(22,23)7-8/h1-2,5,8H,3-4,6-7H2,(H,17,19). The van der Waals surface area contributed by atoms with Gasteiger partial charge in [0.1, 0.15) is 0 Å². The maximum Gasteiger partial charge on any atom is 0.501 e. The SMILES string of the molecule is O=C(COc1ccc(S(=O)(=O)C(F)(F)F)cc1[N+](=O)[O-])NC1CCS(=O)(=O)C1. The van der Waals surface area contributed by atoms with Crippen molar-refractivity contribution in [1.82, 2.24) is 5.32 Å². The summed E-state index contributed by atoms with van der Waals surface area (Å²) in [5, 5.41) is 13.4. The number of nitrogens with zero attached hydrogens (tertiary/aromatic N) is 1. The molecule has 156 valence electrons. The van der Waals surface area contributed by atoms with Gasteiger partial charge in [0.2, 0.25) is 0 Å². The molecule has 1 aliphatic rings. The van der Waals surface area contributed by atoms with Crippen molar-refractivity contribution in [2.24, 2.45) is 0 Å². The summed E-state index contributed by atoms with van der Waals surface area (Å²) >= 11 is 0. The fourth-order valence-electron chi connectivity index (χ4n) is 2.38. The number of carbonyl (C=O) groups is 1.